The molecule has 1 aromatic heterocycles. The van der Waals surface area contributed by atoms with E-state index in [-0.39, 0.29) is 4.90 Å². The number of carbonyl (C=O) groups excluding carboxylic acids is 1. The van der Waals surface area contributed by atoms with Crippen LogP contribution in [0, 0.1) is 0 Å². The highest BCUT2D eigenvalue weighted by molar-refractivity contribution is 7.89. The average Bonchev–Trinajstić information content (AvgIpc) is 3.02. The molecule has 0 saturated carbocycles. The Bertz CT molecular complexity index is 2060. The number of halogens is 3. The first-order valence-electron chi connectivity index (χ1n) is 13.5. The van der Waals surface area contributed by atoms with Gasteiger partial charge in [0.15, 0.2) is 29.2 Å². The number of fused-ring (bicyclic) bond motifs is 5. The van der Waals surface area contributed by atoms with Gasteiger partial charge in [0.1, 0.15) is 13.0 Å². The number of alkyl halides is 3. The molecule has 0 spiro atoms. The lowest BCUT2D eigenvalue weighted by Gasteiger charge is -2.18. The SMILES string of the molecule is COc1cc2c(ccc3c4ccc(OC)c(OC)c4c[n+](C)c23)c(-c2ccc(S(=O)(=O)N(C)C)cc2)c1OC.O=C([O-])C(F)(F)F. The summed E-state index contributed by atoms with van der Waals surface area (Å²) in [6, 6.07) is 16.9. The summed E-state index contributed by atoms with van der Waals surface area (Å²) in [6.07, 6.45) is -3.16. The van der Waals surface area contributed by atoms with Gasteiger partial charge in [-0.15, -0.1) is 0 Å². The number of carboxylic acids is 1. The van der Waals surface area contributed by atoms with E-state index in [9.17, 15) is 21.6 Å². The van der Waals surface area contributed by atoms with Crippen molar-refractivity contribution in [2.45, 2.75) is 11.1 Å². The largest absolute Gasteiger partial charge is 0.542 e. The number of aromatic nitrogens is 1. The summed E-state index contributed by atoms with van der Waals surface area (Å²) < 4.78 is 83.0. The highest BCUT2D eigenvalue weighted by Gasteiger charge is 2.29. The van der Waals surface area contributed by atoms with E-state index in [1.54, 1.807) is 52.7 Å². The molecule has 244 valence electrons. The molecule has 0 amide bonds. The number of ether oxygens (including phenoxy) is 4. The zero-order chi connectivity index (χ0) is 34.1. The number of rotatable bonds is 7. The topological polar surface area (TPSA) is 118 Å². The number of pyridine rings is 1. The van der Waals surface area contributed by atoms with Crippen LogP contribution in [0.15, 0.2) is 65.7 Å². The Labute approximate surface area is 263 Å². The van der Waals surface area contributed by atoms with Crippen LogP contribution in [-0.4, -0.2) is 67.4 Å². The first-order valence-corrected chi connectivity index (χ1v) is 14.9. The van der Waals surface area contributed by atoms with Gasteiger partial charge in [-0.05, 0) is 42.0 Å². The molecule has 0 saturated heterocycles. The predicted octanol–water partition coefficient (Wildman–Crippen LogP) is 4.22. The molecule has 10 nitrogen and oxygen atoms in total. The van der Waals surface area contributed by atoms with Gasteiger partial charge in [-0.25, -0.2) is 12.7 Å². The molecule has 0 bridgehead atoms. The van der Waals surface area contributed by atoms with Crippen molar-refractivity contribution in [3.63, 3.8) is 0 Å². The first-order chi connectivity index (χ1) is 21.6. The van der Waals surface area contributed by atoms with E-state index in [1.165, 1.54) is 18.4 Å². The van der Waals surface area contributed by atoms with E-state index < -0.39 is 22.2 Å². The lowest BCUT2D eigenvalue weighted by molar-refractivity contribution is -0.642. The number of benzene rings is 4. The second-order valence-corrected chi connectivity index (χ2v) is 12.3. The number of hydrogen-bond donors (Lipinski definition) is 0. The standard InChI is InChI=1S/C30H31N2O6S.C2HF3O2/c1-31(2)39(33,34)19-10-8-18(9-11-19)27-21-12-13-22-20-14-15-25(35-4)29(37-6)24(20)17-32(3)28(22)23(21)16-26(36-5)30(27)38-7;3-2(4,5)1(6)7/h8-17H,1-7H3;(H,6,7)/q+1;/p-1. The van der Waals surface area contributed by atoms with Crippen LogP contribution in [0.2, 0.25) is 0 Å². The van der Waals surface area contributed by atoms with Crippen molar-refractivity contribution in [3.05, 3.63) is 60.8 Å². The second kappa shape index (κ2) is 12.9. The minimum atomic E-state index is -5.19. The highest BCUT2D eigenvalue weighted by Crippen LogP contribution is 2.46. The molecule has 5 rings (SSSR count). The Kier molecular flexibility index (Phi) is 9.54. The van der Waals surface area contributed by atoms with Crippen molar-refractivity contribution in [3.8, 4) is 34.1 Å². The van der Waals surface area contributed by atoms with Crippen LogP contribution in [-0.2, 0) is 21.9 Å². The number of hydrogen-bond acceptors (Lipinski definition) is 8. The predicted molar refractivity (Wildman–Crippen MR) is 164 cm³/mol. The summed E-state index contributed by atoms with van der Waals surface area (Å²) in [4.78, 5) is 9.00. The van der Waals surface area contributed by atoms with Crippen LogP contribution in [0.25, 0.3) is 43.6 Å². The van der Waals surface area contributed by atoms with E-state index in [0.29, 0.717) is 23.0 Å². The molecule has 0 unspecified atom stereocenters. The lowest BCUT2D eigenvalue weighted by Crippen LogP contribution is -2.37. The van der Waals surface area contributed by atoms with Crippen LogP contribution in [0.1, 0.15) is 0 Å². The van der Waals surface area contributed by atoms with E-state index >= 15 is 0 Å². The van der Waals surface area contributed by atoms with Gasteiger partial charge in [-0.2, -0.15) is 17.7 Å². The maximum atomic E-state index is 12.7. The Balaban J connectivity index is 0.000000617. The minimum absolute atomic E-state index is 0.218. The number of methoxy groups -OCH3 is 4. The second-order valence-electron chi connectivity index (χ2n) is 10.1. The average molecular weight is 661 g/mol. The molecule has 0 N–H and O–H groups in total. The fourth-order valence-corrected chi connectivity index (χ4v) is 6.13. The monoisotopic (exact) mass is 660 g/mol. The van der Waals surface area contributed by atoms with Crippen molar-refractivity contribution < 1.29 is 55.0 Å². The number of aryl methyl sites for hydroxylation is 1. The number of carbonyl (C=O) groups is 1. The molecule has 0 aliphatic rings. The quantitative estimate of drug-likeness (QED) is 0.188. The summed E-state index contributed by atoms with van der Waals surface area (Å²) in [5.41, 5.74) is 2.62. The number of aliphatic carboxylic acids is 1. The third-order valence-electron chi connectivity index (χ3n) is 7.34. The van der Waals surface area contributed by atoms with Crippen LogP contribution < -0.4 is 28.6 Å². The van der Waals surface area contributed by atoms with E-state index in [2.05, 4.69) is 16.7 Å². The maximum Gasteiger partial charge on any atom is 0.430 e. The van der Waals surface area contributed by atoms with Crippen molar-refractivity contribution in [2.75, 3.05) is 42.5 Å². The Hall–Kier alpha value is -4.82. The molecule has 46 heavy (non-hydrogen) atoms. The summed E-state index contributed by atoms with van der Waals surface area (Å²) >= 11 is 0. The highest BCUT2D eigenvalue weighted by atomic mass is 32.2. The lowest BCUT2D eigenvalue weighted by atomic mass is 9.93. The number of sulfonamides is 1. The summed E-state index contributed by atoms with van der Waals surface area (Å²) in [5, 5.41) is 13.7. The van der Waals surface area contributed by atoms with Gasteiger partial charge in [-0.1, -0.05) is 18.2 Å². The third kappa shape index (κ3) is 6.05. The molecule has 0 aliphatic carbocycles. The molecule has 4 aromatic carbocycles. The Morgan fingerprint density at radius 1 is 0.761 bits per heavy atom. The molecular formula is C32H31F3N2O8S. The molecule has 5 aromatic rings. The molecule has 0 fully saturated rings. The van der Waals surface area contributed by atoms with Crippen LogP contribution in [0.3, 0.4) is 0 Å². The molecular weight excluding hydrogens is 629 g/mol. The molecule has 0 aliphatic heterocycles. The van der Waals surface area contributed by atoms with Gasteiger partial charge in [0.2, 0.25) is 15.5 Å². The van der Waals surface area contributed by atoms with Crippen molar-refractivity contribution in [2.24, 2.45) is 7.05 Å². The van der Waals surface area contributed by atoms with Gasteiger partial charge in [0, 0.05) is 30.4 Å². The van der Waals surface area contributed by atoms with Crippen LogP contribution in [0.5, 0.6) is 23.0 Å². The van der Waals surface area contributed by atoms with Crippen LogP contribution in [0.4, 0.5) is 13.2 Å². The van der Waals surface area contributed by atoms with Crippen molar-refractivity contribution in [1.29, 1.82) is 0 Å². The van der Waals surface area contributed by atoms with Crippen molar-refractivity contribution >= 4 is 48.4 Å². The molecule has 1 heterocycles. The van der Waals surface area contributed by atoms with Crippen molar-refractivity contribution in [1.82, 2.24) is 4.31 Å². The van der Waals surface area contributed by atoms with E-state index in [4.69, 9.17) is 28.8 Å². The number of nitrogens with zero attached hydrogens (tertiary/aromatic N) is 2. The maximum absolute atomic E-state index is 12.7. The Morgan fingerprint density at radius 2 is 1.30 bits per heavy atom. The van der Waals surface area contributed by atoms with E-state index in [0.717, 1.165) is 43.6 Å². The summed E-state index contributed by atoms with van der Waals surface area (Å²) in [5.74, 6) is -0.522. The normalized spacial score (nSPS) is 11.8. The van der Waals surface area contributed by atoms with Gasteiger partial charge in [0.05, 0.1) is 49.5 Å². The molecule has 0 radical (unpaired) electrons. The van der Waals surface area contributed by atoms with E-state index in [1.807, 2.05) is 31.4 Å². The summed E-state index contributed by atoms with van der Waals surface area (Å²) in [6.45, 7) is 0. The molecule has 0 atom stereocenters. The van der Waals surface area contributed by atoms with Gasteiger partial charge in [0.25, 0.3) is 0 Å². The molecule has 14 heteroatoms. The fourth-order valence-electron chi connectivity index (χ4n) is 5.23. The zero-order valence-corrected chi connectivity index (χ0v) is 26.8. The van der Waals surface area contributed by atoms with Crippen LogP contribution >= 0.6 is 0 Å². The first kappa shape index (κ1) is 34.1. The van der Waals surface area contributed by atoms with Gasteiger partial charge >= 0.3 is 6.18 Å². The smallest absolute Gasteiger partial charge is 0.430 e. The Morgan fingerprint density at radius 3 is 1.80 bits per heavy atom. The summed E-state index contributed by atoms with van der Waals surface area (Å²) in [7, 11) is 7.95. The minimum Gasteiger partial charge on any atom is -0.542 e. The zero-order valence-electron chi connectivity index (χ0n) is 26.0. The fraction of sp³-hybridized carbons (Fsp3) is 0.250. The third-order valence-corrected chi connectivity index (χ3v) is 9.17. The number of carboxylic acid groups (broad SMARTS) is 1. The van der Waals surface area contributed by atoms with Gasteiger partial charge in [-0.3, -0.25) is 0 Å². The van der Waals surface area contributed by atoms with Gasteiger partial charge < -0.3 is 28.8 Å².